The lowest BCUT2D eigenvalue weighted by atomic mass is 10.00. The van der Waals surface area contributed by atoms with Crippen molar-refractivity contribution in [2.24, 2.45) is 0 Å². The average Bonchev–Trinajstić information content (AvgIpc) is 3.45. The van der Waals surface area contributed by atoms with E-state index in [2.05, 4.69) is 28.8 Å². The summed E-state index contributed by atoms with van der Waals surface area (Å²) in [5, 5.41) is 11.7. The van der Waals surface area contributed by atoms with Crippen molar-refractivity contribution in [1.29, 1.82) is 5.26 Å². The topological polar surface area (TPSA) is 67.4 Å². The van der Waals surface area contributed by atoms with Crippen molar-refractivity contribution < 1.29 is 4.39 Å². The summed E-state index contributed by atoms with van der Waals surface area (Å²) in [7, 11) is 0. The maximum absolute atomic E-state index is 14.6. The van der Waals surface area contributed by atoms with Crippen molar-refractivity contribution in [2.45, 2.75) is 0 Å². The molecule has 8 rings (SSSR count). The predicted octanol–water partition coefficient (Wildman–Crippen LogP) is 9.65. The van der Waals surface area contributed by atoms with Crippen molar-refractivity contribution in [2.75, 3.05) is 0 Å². The third kappa shape index (κ3) is 4.77. The quantitative estimate of drug-likeness (QED) is 0.199. The Bertz CT molecular complexity index is 2390. The van der Waals surface area contributed by atoms with Crippen LogP contribution in [0, 0.1) is 17.1 Å². The van der Waals surface area contributed by atoms with Crippen LogP contribution in [-0.4, -0.2) is 19.5 Å². The molecule has 0 N–H and O–H groups in total. The summed E-state index contributed by atoms with van der Waals surface area (Å²) < 4.78 is 16.8. The summed E-state index contributed by atoms with van der Waals surface area (Å²) in [6.45, 7) is 0. The number of nitrogens with zero attached hydrogens (tertiary/aromatic N) is 5. The van der Waals surface area contributed by atoms with E-state index in [9.17, 15) is 9.65 Å². The average molecular weight is 594 g/mol. The highest BCUT2D eigenvalue weighted by Crippen LogP contribution is 2.38. The van der Waals surface area contributed by atoms with Crippen molar-refractivity contribution in [1.82, 2.24) is 19.5 Å². The summed E-state index contributed by atoms with van der Waals surface area (Å²) in [6, 6.07) is 48.5. The molecule has 0 fully saturated rings. The Hall–Kier alpha value is -6.45. The van der Waals surface area contributed by atoms with Crippen molar-refractivity contribution in [3.05, 3.63) is 157 Å². The lowest BCUT2D eigenvalue weighted by Gasteiger charge is -2.16. The van der Waals surface area contributed by atoms with E-state index in [4.69, 9.17) is 15.0 Å². The first-order valence-electron chi connectivity index (χ1n) is 14.9. The van der Waals surface area contributed by atoms with Crippen LogP contribution in [0.2, 0.25) is 0 Å². The molecule has 6 heteroatoms. The fourth-order valence-corrected chi connectivity index (χ4v) is 6.00. The minimum atomic E-state index is -0.314. The van der Waals surface area contributed by atoms with Gasteiger partial charge in [0.2, 0.25) is 0 Å². The van der Waals surface area contributed by atoms with Crippen molar-refractivity contribution in [3.63, 3.8) is 0 Å². The highest BCUT2D eigenvalue weighted by molar-refractivity contribution is 6.10. The molecule has 2 heterocycles. The van der Waals surface area contributed by atoms with Gasteiger partial charge >= 0.3 is 0 Å². The predicted molar refractivity (Wildman–Crippen MR) is 181 cm³/mol. The molecule has 0 aliphatic rings. The molecule has 216 valence electrons. The molecule has 0 aliphatic carbocycles. The molecule has 0 unspecified atom stereocenters. The van der Waals surface area contributed by atoms with Crippen LogP contribution in [0.5, 0.6) is 0 Å². The summed E-state index contributed by atoms with van der Waals surface area (Å²) in [5.74, 6) is 1.35. The highest BCUT2D eigenvalue weighted by atomic mass is 19.1. The van der Waals surface area contributed by atoms with Crippen LogP contribution in [0.15, 0.2) is 146 Å². The van der Waals surface area contributed by atoms with E-state index in [0.717, 1.165) is 55.3 Å². The molecule has 0 radical (unpaired) electrons. The number of fused-ring (bicyclic) bond motifs is 3. The second-order valence-corrected chi connectivity index (χ2v) is 11.0. The molecule has 5 nitrogen and oxygen atoms in total. The molecule has 0 saturated heterocycles. The Kier molecular flexibility index (Phi) is 6.63. The van der Waals surface area contributed by atoms with Crippen LogP contribution in [0.4, 0.5) is 4.39 Å². The SMILES string of the molecule is N#Cc1ccc2c(c1)c1ccccc1n2-c1cc(-c2nc(-c3ccccc3)nc(-c3ccccc3)n2)ccc1-c1cccc(F)c1. The number of halogens is 1. The monoisotopic (exact) mass is 593 g/mol. The Balaban J connectivity index is 1.42. The zero-order chi connectivity index (χ0) is 31.0. The molecule has 46 heavy (non-hydrogen) atoms. The second kappa shape index (κ2) is 11.2. The highest BCUT2D eigenvalue weighted by Gasteiger charge is 2.19. The summed E-state index contributed by atoms with van der Waals surface area (Å²) in [5.41, 5.74) is 7.46. The smallest absolute Gasteiger partial charge is 0.164 e. The number of rotatable bonds is 5. The summed E-state index contributed by atoms with van der Waals surface area (Å²) >= 11 is 0. The lowest BCUT2D eigenvalue weighted by molar-refractivity contribution is 0.628. The van der Waals surface area contributed by atoms with Crippen LogP contribution < -0.4 is 0 Å². The van der Waals surface area contributed by atoms with Gasteiger partial charge in [0.15, 0.2) is 17.5 Å². The molecule has 0 aliphatic heterocycles. The first-order chi connectivity index (χ1) is 22.7. The Morgan fingerprint density at radius 2 is 1.11 bits per heavy atom. The van der Waals surface area contributed by atoms with Gasteiger partial charge in [0.1, 0.15) is 5.82 Å². The lowest BCUT2D eigenvalue weighted by Crippen LogP contribution is -2.02. The van der Waals surface area contributed by atoms with E-state index in [0.29, 0.717) is 23.0 Å². The standard InChI is InChI=1S/C40H24FN5/c41-31-15-9-14-29(23-31)32-20-19-30(24-37(32)46-35-17-8-7-16-33(35)34-22-26(25-42)18-21-36(34)46)40-44-38(27-10-3-1-4-11-27)43-39(45-40)28-12-5-2-6-13-28/h1-24H. The summed E-state index contributed by atoms with van der Waals surface area (Å²) in [6.07, 6.45) is 0. The number of hydrogen-bond donors (Lipinski definition) is 0. The Morgan fingerprint density at radius 3 is 1.78 bits per heavy atom. The van der Waals surface area contributed by atoms with Crippen LogP contribution in [0.1, 0.15) is 5.56 Å². The molecular formula is C40H24FN5. The molecule has 6 aromatic carbocycles. The first-order valence-corrected chi connectivity index (χ1v) is 14.9. The fraction of sp³-hybridized carbons (Fsp3) is 0. The molecule has 0 spiro atoms. The van der Waals surface area contributed by atoms with Gasteiger partial charge in [0.25, 0.3) is 0 Å². The van der Waals surface area contributed by atoms with Crippen LogP contribution in [-0.2, 0) is 0 Å². The molecule has 0 bridgehead atoms. The second-order valence-electron chi connectivity index (χ2n) is 11.0. The first kappa shape index (κ1) is 27.1. The van der Waals surface area contributed by atoms with Gasteiger partial charge in [-0.2, -0.15) is 5.26 Å². The molecule has 0 saturated carbocycles. The molecule has 0 atom stereocenters. The van der Waals surface area contributed by atoms with Gasteiger partial charge in [-0.1, -0.05) is 103 Å². The summed E-state index contributed by atoms with van der Waals surface area (Å²) in [4.78, 5) is 14.8. The third-order valence-electron chi connectivity index (χ3n) is 8.13. The maximum atomic E-state index is 14.6. The van der Waals surface area contributed by atoms with E-state index in [1.54, 1.807) is 12.1 Å². The fourth-order valence-electron chi connectivity index (χ4n) is 6.00. The van der Waals surface area contributed by atoms with Gasteiger partial charge in [-0.15, -0.1) is 0 Å². The van der Waals surface area contributed by atoms with Crippen LogP contribution in [0.3, 0.4) is 0 Å². The van der Waals surface area contributed by atoms with Gasteiger partial charge < -0.3 is 4.57 Å². The molecule has 0 amide bonds. The Morgan fingerprint density at radius 1 is 0.500 bits per heavy atom. The zero-order valence-electron chi connectivity index (χ0n) is 24.5. The maximum Gasteiger partial charge on any atom is 0.164 e. The van der Waals surface area contributed by atoms with Gasteiger partial charge in [0, 0.05) is 33.0 Å². The molecule has 8 aromatic rings. The number of benzene rings is 6. The zero-order valence-corrected chi connectivity index (χ0v) is 24.5. The number of hydrogen-bond acceptors (Lipinski definition) is 4. The van der Waals surface area contributed by atoms with E-state index in [-0.39, 0.29) is 5.82 Å². The molecular weight excluding hydrogens is 569 g/mol. The van der Waals surface area contributed by atoms with E-state index < -0.39 is 0 Å². The Labute approximate surface area is 264 Å². The van der Waals surface area contributed by atoms with Crippen LogP contribution >= 0.6 is 0 Å². The van der Waals surface area contributed by atoms with Crippen LogP contribution in [0.25, 0.3) is 72.8 Å². The largest absolute Gasteiger partial charge is 0.309 e. The number of aromatic nitrogens is 4. The van der Waals surface area contributed by atoms with Gasteiger partial charge in [-0.25, -0.2) is 19.3 Å². The molecule has 2 aromatic heterocycles. The minimum Gasteiger partial charge on any atom is -0.309 e. The van der Waals surface area contributed by atoms with Gasteiger partial charge in [0.05, 0.1) is 28.4 Å². The third-order valence-corrected chi connectivity index (χ3v) is 8.13. The van der Waals surface area contributed by atoms with Gasteiger partial charge in [-0.3, -0.25) is 0 Å². The number of nitriles is 1. The number of para-hydroxylation sites is 1. The normalized spacial score (nSPS) is 11.1. The van der Waals surface area contributed by atoms with E-state index in [1.807, 2.05) is 109 Å². The van der Waals surface area contributed by atoms with E-state index >= 15 is 0 Å². The van der Waals surface area contributed by atoms with E-state index in [1.165, 1.54) is 6.07 Å². The minimum absolute atomic E-state index is 0.314. The van der Waals surface area contributed by atoms with Crippen molar-refractivity contribution in [3.8, 4) is 57.0 Å². The van der Waals surface area contributed by atoms with Gasteiger partial charge in [-0.05, 0) is 48.0 Å². The van der Waals surface area contributed by atoms with Crippen molar-refractivity contribution >= 4 is 21.8 Å².